The Morgan fingerprint density at radius 2 is 1.92 bits per heavy atom. The number of nitrogens with zero attached hydrogens (tertiary/aromatic N) is 4. The Bertz CT molecular complexity index is 905. The van der Waals surface area contributed by atoms with Crippen LogP contribution in [0.4, 0.5) is 5.82 Å². The number of rotatable bonds is 2. The van der Waals surface area contributed by atoms with E-state index >= 15 is 0 Å². The molecule has 5 heteroatoms. The number of hydrogen-bond donors (Lipinski definition) is 1. The van der Waals surface area contributed by atoms with E-state index < -0.39 is 0 Å². The Morgan fingerprint density at radius 1 is 1.08 bits per heavy atom. The lowest BCUT2D eigenvalue weighted by Gasteiger charge is -2.10. The second-order valence-electron chi connectivity index (χ2n) is 5.84. The van der Waals surface area contributed by atoms with Crippen LogP contribution in [-0.4, -0.2) is 21.3 Å². The molecule has 1 aliphatic heterocycles. The number of hydrogen-bond acceptors (Lipinski definition) is 4. The molecule has 0 atom stereocenters. The molecular weight excluding hydrogens is 298 g/mol. The number of aromatic nitrogens is 3. The summed E-state index contributed by atoms with van der Waals surface area (Å²) in [5, 5.41) is 17.8. The third-order valence-corrected chi connectivity index (χ3v) is 4.34. The summed E-state index contributed by atoms with van der Waals surface area (Å²) >= 11 is 0. The predicted molar refractivity (Wildman–Crippen MR) is 92.9 cm³/mol. The highest BCUT2D eigenvalue weighted by atomic mass is 15.3. The Kier molecular flexibility index (Phi) is 3.72. The van der Waals surface area contributed by atoms with Crippen LogP contribution in [0.1, 0.15) is 24.0 Å². The molecule has 1 aliphatic rings. The fourth-order valence-corrected chi connectivity index (χ4v) is 3.17. The van der Waals surface area contributed by atoms with E-state index in [2.05, 4.69) is 16.4 Å². The Morgan fingerprint density at radius 3 is 2.75 bits per heavy atom. The molecule has 5 nitrogen and oxygen atoms in total. The predicted octanol–water partition coefficient (Wildman–Crippen LogP) is 3.55. The molecule has 0 fully saturated rings. The summed E-state index contributed by atoms with van der Waals surface area (Å²) in [6.07, 6.45) is 6.81. The zero-order valence-corrected chi connectivity index (χ0v) is 13.2. The average molecular weight is 315 g/mol. The summed E-state index contributed by atoms with van der Waals surface area (Å²) in [6.45, 7) is 0.920. The van der Waals surface area contributed by atoms with Crippen molar-refractivity contribution in [1.82, 2.24) is 14.8 Å². The molecule has 0 radical (unpaired) electrons. The number of benzene rings is 1. The lowest BCUT2D eigenvalue weighted by molar-refractivity contribution is 0.780. The highest BCUT2D eigenvalue weighted by Crippen LogP contribution is 2.34. The monoisotopic (exact) mass is 315 g/mol. The Labute approximate surface area is 140 Å². The first-order chi connectivity index (χ1) is 11.9. The molecule has 118 valence electrons. The van der Waals surface area contributed by atoms with E-state index in [-0.39, 0.29) is 0 Å². The van der Waals surface area contributed by atoms with Gasteiger partial charge in [0.15, 0.2) is 0 Å². The maximum absolute atomic E-state index is 9.44. The van der Waals surface area contributed by atoms with Crippen LogP contribution in [0.2, 0.25) is 0 Å². The van der Waals surface area contributed by atoms with Crippen molar-refractivity contribution in [3.8, 4) is 23.0 Å². The minimum absolute atomic E-state index is 0.620. The van der Waals surface area contributed by atoms with Crippen LogP contribution in [0.5, 0.6) is 0 Å². The standard InChI is InChI=1S/C19H17N5/c20-13-15-5-1-2-7-17(15)24-19-16(6-3-4-10-22-19)18(23-24)14-8-11-21-12-9-14/h1-2,5,7-9,11-12,22H,3-4,6,10H2. The minimum atomic E-state index is 0.620. The molecule has 0 saturated carbocycles. The van der Waals surface area contributed by atoms with Crippen LogP contribution in [0.3, 0.4) is 0 Å². The number of nitriles is 1. The third-order valence-electron chi connectivity index (χ3n) is 4.34. The van der Waals surface area contributed by atoms with Crippen LogP contribution in [0.25, 0.3) is 16.9 Å². The summed E-state index contributed by atoms with van der Waals surface area (Å²) < 4.78 is 1.88. The van der Waals surface area contributed by atoms with E-state index in [9.17, 15) is 5.26 Å². The van der Waals surface area contributed by atoms with Gasteiger partial charge in [-0.25, -0.2) is 4.68 Å². The van der Waals surface area contributed by atoms with Crippen molar-refractivity contribution < 1.29 is 0 Å². The molecule has 3 heterocycles. The molecule has 0 amide bonds. The zero-order valence-electron chi connectivity index (χ0n) is 13.2. The van der Waals surface area contributed by atoms with Gasteiger partial charge in [-0.05, 0) is 43.5 Å². The number of fused-ring (bicyclic) bond motifs is 1. The molecule has 24 heavy (non-hydrogen) atoms. The highest BCUT2D eigenvalue weighted by molar-refractivity contribution is 5.71. The van der Waals surface area contributed by atoms with Crippen LogP contribution in [0.15, 0.2) is 48.8 Å². The van der Waals surface area contributed by atoms with E-state index in [0.717, 1.165) is 48.6 Å². The molecular formula is C19H17N5. The number of para-hydroxylation sites is 1. The van der Waals surface area contributed by atoms with Crippen LogP contribution in [-0.2, 0) is 6.42 Å². The first kappa shape index (κ1) is 14.5. The topological polar surface area (TPSA) is 66.5 Å². The van der Waals surface area contributed by atoms with Crippen molar-refractivity contribution in [3.63, 3.8) is 0 Å². The van der Waals surface area contributed by atoms with Gasteiger partial charge in [0.25, 0.3) is 0 Å². The molecule has 4 rings (SSSR count). The molecule has 0 saturated heterocycles. The molecule has 1 N–H and O–H groups in total. The van der Waals surface area contributed by atoms with Gasteiger partial charge in [-0.1, -0.05) is 12.1 Å². The van der Waals surface area contributed by atoms with Gasteiger partial charge in [-0.3, -0.25) is 4.98 Å². The normalized spacial score (nSPS) is 13.5. The summed E-state index contributed by atoms with van der Waals surface area (Å²) in [6, 6.07) is 13.8. The summed E-state index contributed by atoms with van der Waals surface area (Å²) in [4.78, 5) is 4.10. The maximum Gasteiger partial charge on any atom is 0.133 e. The van der Waals surface area contributed by atoms with E-state index in [1.54, 1.807) is 12.4 Å². The van der Waals surface area contributed by atoms with Crippen molar-refractivity contribution in [1.29, 1.82) is 5.26 Å². The Balaban J connectivity index is 1.95. The number of pyridine rings is 1. The first-order valence-electron chi connectivity index (χ1n) is 8.14. The third kappa shape index (κ3) is 2.42. The van der Waals surface area contributed by atoms with Gasteiger partial charge in [-0.15, -0.1) is 0 Å². The summed E-state index contributed by atoms with van der Waals surface area (Å²) in [5.74, 6) is 1.00. The van der Waals surface area contributed by atoms with Crippen LogP contribution in [0, 0.1) is 11.3 Å². The van der Waals surface area contributed by atoms with Crippen molar-refractivity contribution in [2.45, 2.75) is 19.3 Å². The molecule has 0 spiro atoms. The smallest absolute Gasteiger partial charge is 0.133 e. The van der Waals surface area contributed by atoms with E-state index in [0.29, 0.717) is 5.56 Å². The van der Waals surface area contributed by atoms with Gasteiger partial charge in [0.1, 0.15) is 11.9 Å². The molecule has 0 bridgehead atoms. The number of nitrogens with one attached hydrogen (secondary N) is 1. The van der Waals surface area contributed by atoms with Gasteiger partial charge in [0, 0.05) is 30.1 Å². The maximum atomic E-state index is 9.44. The van der Waals surface area contributed by atoms with Gasteiger partial charge < -0.3 is 5.32 Å². The molecule has 1 aromatic carbocycles. The lowest BCUT2D eigenvalue weighted by atomic mass is 10.0. The minimum Gasteiger partial charge on any atom is -0.370 e. The molecule has 0 unspecified atom stereocenters. The SMILES string of the molecule is N#Cc1ccccc1-n1nc(-c2ccncc2)c2c1NCCCC2. The second-order valence-corrected chi connectivity index (χ2v) is 5.84. The van der Waals surface area contributed by atoms with Gasteiger partial charge >= 0.3 is 0 Å². The van der Waals surface area contributed by atoms with Crippen molar-refractivity contribution in [3.05, 3.63) is 59.9 Å². The zero-order chi connectivity index (χ0) is 16.4. The molecule has 3 aromatic rings. The number of anilines is 1. The summed E-state index contributed by atoms with van der Waals surface area (Å²) in [7, 11) is 0. The fraction of sp³-hybridized carbons (Fsp3) is 0.211. The Hall–Kier alpha value is -3.13. The van der Waals surface area contributed by atoms with Crippen molar-refractivity contribution in [2.24, 2.45) is 0 Å². The van der Waals surface area contributed by atoms with Crippen molar-refractivity contribution >= 4 is 5.82 Å². The average Bonchev–Trinajstić information content (AvgIpc) is 2.83. The van der Waals surface area contributed by atoms with E-state index in [4.69, 9.17) is 5.10 Å². The molecule has 0 aliphatic carbocycles. The van der Waals surface area contributed by atoms with Crippen molar-refractivity contribution in [2.75, 3.05) is 11.9 Å². The summed E-state index contributed by atoms with van der Waals surface area (Å²) in [5.41, 5.74) is 4.67. The van der Waals surface area contributed by atoms with Crippen LogP contribution >= 0.6 is 0 Å². The van der Waals surface area contributed by atoms with Gasteiger partial charge in [0.05, 0.1) is 16.9 Å². The second kappa shape index (κ2) is 6.17. The van der Waals surface area contributed by atoms with Crippen LogP contribution < -0.4 is 5.32 Å². The van der Waals surface area contributed by atoms with E-state index in [1.165, 1.54) is 5.56 Å². The lowest BCUT2D eigenvalue weighted by Crippen LogP contribution is -2.08. The molecule has 2 aromatic heterocycles. The van der Waals surface area contributed by atoms with Gasteiger partial charge in [0.2, 0.25) is 0 Å². The highest BCUT2D eigenvalue weighted by Gasteiger charge is 2.22. The first-order valence-corrected chi connectivity index (χ1v) is 8.14. The van der Waals surface area contributed by atoms with E-state index in [1.807, 2.05) is 41.1 Å². The quantitative estimate of drug-likeness (QED) is 0.785. The van der Waals surface area contributed by atoms with Gasteiger partial charge in [-0.2, -0.15) is 10.4 Å². The fourth-order valence-electron chi connectivity index (χ4n) is 3.17. The largest absolute Gasteiger partial charge is 0.370 e.